The molecule has 1 heteroatoms. The second-order valence-corrected chi connectivity index (χ2v) is 5.09. The largest absolute Gasteiger partial charge is 0.103 e. The second kappa shape index (κ2) is 8.23. The Hall–Kier alpha value is -0.950. The van der Waals surface area contributed by atoms with E-state index < -0.39 is 0 Å². The molecular formula is C15H20S. The summed E-state index contributed by atoms with van der Waals surface area (Å²) in [5, 5.41) is 0. The molecule has 0 amide bonds. The summed E-state index contributed by atoms with van der Waals surface area (Å²) in [5.41, 5.74) is 0. The topological polar surface area (TPSA) is 0 Å². The lowest BCUT2D eigenvalue weighted by Gasteiger charge is -2.04. The maximum absolute atomic E-state index is 4.11. The van der Waals surface area contributed by atoms with Gasteiger partial charge in [0.15, 0.2) is 0 Å². The minimum Gasteiger partial charge on any atom is -0.103 e. The lowest BCUT2D eigenvalue weighted by Crippen LogP contribution is -1.79. The van der Waals surface area contributed by atoms with E-state index in [0.29, 0.717) is 0 Å². The zero-order valence-corrected chi connectivity index (χ0v) is 10.6. The van der Waals surface area contributed by atoms with Crippen LogP contribution in [0.3, 0.4) is 0 Å². The Kier molecular flexibility index (Phi) is 6.75. The third kappa shape index (κ3) is 5.82. The van der Waals surface area contributed by atoms with Crippen molar-refractivity contribution in [2.24, 2.45) is 0 Å². The predicted octanol–water partition coefficient (Wildman–Crippen LogP) is 5.43. The molecule has 0 bridgehead atoms. The van der Waals surface area contributed by atoms with E-state index in [1.165, 1.54) is 29.1 Å². The summed E-state index contributed by atoms with van der Waals surface area (Å²) >= 11 is 1.79. The minimum atomic E-state index is 1.12. The molecule has 0 fully saturated rings. The van der Waals surface area contributed by atoms with Crippen molar-refractivity contribution in [3.63, 3.8) is 0 Å². The summed E-state index contributed by atoms with van der Waals surface area (Å²) in [5.74, 6) is 0. The fourth-order valence-electron chi connectivity index (χ4n) is 1.49. The van der Waals surface area contributed by atoms with Crippen LogP contribution < -0.4 is 0 Å². The molecule has 16 heavy (non-hydrogen) atoms. The Morgan fingerprint density at radius 2 is 1.88 bits per heavy atom. The highest BCUT2D eigenvalue weighted by atomic mass is 32.2. The molecule has 0 aliphatic carbocycles. The molecule has 0 aliphatic rings. The Morgan fingerprint density at radius 1 is 1.12 bits per heavy atom. The van der Waals surface area contributed by atoms with E-state index in [-0.39, 0.29) is 0 Å². The Morgan fingerprint density at radius 3 is 2.56 bits per heavy atom. The molecule has 1 aromatic carbocycles. The monoisotopic (exact) mass is 232 g/mol. The van der Waals surface area contributed by atoms with E-state index in [1.807, 2.05) is 12.1 Å². The highest BCUT2D eigenvalue weighted by Crippen LogP contribution is 2.28. The summed E-state index contributed by atoms with van der Waals surface area (Å²) in [4.78, 5) is 2.56. The summed E-state index contributed by atoms with van der Waals surface area (Å²) in [6.07, 6.45) is 8.03. The van der Waals surface area contributed by atoms with Crippen LogP contribution in [0.1, 0.15) is 32.1 Å². The van der Waals surface area contributed by atoms with Crippen LogP contribution in [0.5, 0.6) is 0 Å². The van der Waals surface area contributed by atoms with Crippen LogP contribution >= 0.6 is 11.8 Å². The van der Waals surface area contributed by atoms with Crippen LogP contribution in [-0.4, -0.2) is 0 Å². The van der Waals surface area contributed by atoms with E-state index in [2.05, 4.69) is 37.4 Å². The summed E-state index contributed by atoms with van der Waals surface area (Å²) in [6.45, 7) is 7.84. The summed E-state index contributed by atoms with van der Waals surface area (Å²) < 4.78 is 0. The number of rotatable bonds is 8. The fourth-order valence-corrected chi connectivity index (χ4v) is 2.37. The van der Waals surface area contributed by atoms with Crippen LogP contribution in [0.15, 0.2) is 59.4 Å². The molecule has 0 atom stereocenters. The second-order valence-electron chi connectivity index (χ2n) is 3.84. The van der Waals surface area contributed by atoms with E-state index in [4.69, 9.17) is 0 Å². The van der Waals surface area contributed by atoms with Crippen LogP contribution in [0.25, 0.3) is 0 Å². The van der Waals surface area contributed by atoms with Gasteiger partial charge in [-0.1, -0.05) is 49.0 Å². The molecule has 86 valence electrons. The Labute approximate surface area is 103 Å². The smallest absolute Gasteiger partial charge is 0.0118 e. The zero-order chi connectivity index (χ0) is 11.6. The molecule has 1 aromatic rings. The van der Waals surface area contributed by atoms with Gasteiger partial charge >= 0.3 is 0 Å². The maximum Gasteiger partial charge on any atom is 0.0118 e. The van der Waals surface area contributed by atoms with Gasteiger partial charge in [0.25, 0.3) is 0 Å². The molecule has 0 spiro atoms. The number of thioether (sulfide) groups is 1. The van der Waals surface area contributed by atoms with Crippen LogP contribution in [-0.2, 0) is 0 Å². The van der Waals surface area contributed by atoms with Crippen molar-refractivity contribution in [1.29, 1.82) is 0 Å². The first-order valence-electron chi connectivity index (χ1n) is 5.84. The first kappa shape index (κ1) is 13.1. The van der Waals surface area contributed by atoms with Gasteiger partial charge in [0.2, 0.25) is 0 Å². The van der Waals surface area contributed by atoms with Gasteiger partial charge in [-0.25, -0.2) is 0 Å². The van der Waals surface area contributed by atoms with Crippen LogP contribution in [0.2, 0.25) is 0 Å². The van der Waals surface area contributed by atoms with Gasteiger partial charge in [0.1, 0.15) is 0 Å². The normalized spacial score (nSPS) is 10.0. The molecule has 0 heterocycles. The van der Waals surface area contributed by atoms with Crippen molar-refractivity contribution in [3.05, 3.63) is 54.5 Å². The molecule has 0 saturated heterocycles. The third-order valence-corrected chi connectivity index (χ3v) is 3.37. The minimum absolute atomic E-state index is 1.12. The quantitative estimate of drug-likeness (QED) is 0.327. The standard InChI is InChI=1S/C15H20S/c1-3-4-5-6-8-11-14(2)16-15-12-9-7-10-13-15/h3,7,9-10,12-13H,1-2,4-6,8,11H2. The molecule has 1 rings (SSSR count). The van der Waals surface area contributed by atoms with Crippen molar-refractivity contribution in [3.8, 4) is 0 Å². The number of allylic oxidation sites excluding steroid dienone is 2. The molecule has 0 nitrogen and oxygen atoms in total. The van der Waals surface area contributed by atoms with Crippen molar-refractivity contribution < 1.29 is 0 Å². The summed E-state index contributed by atoms with van der Waals surface area (Å²) in [7, 11) is 0. The number of hydrogen-bond donors (Lipinski definition) is 0. The average Bonchev–Trinajstić information content (AvgIpc) is 2.30. The lowest BCUT2D eigenvalue weighted by molar-refractivity contribution is 0.694. The Balaban J connectivity index is 2.14. The fraction of sp³-hybridized carbons (Fsp3) is 0.333. The van der Waals surface area contributed by atoms with Crippen LogP contribution in [0, 0.1) is 0 Å². The molecule has 0 unspecified atom stereocenters. The molecule has 0 N–H and O–H groups in total. The maximum atomic E-state index is 4.11. The van der Waals surface area contributed by atoms with Crippen molar-refractivity contribution in [1.82, 2.24) is 0 Å². The van der Waals surface area contributed by atoms with E-state index in [1.54, 1.807) is 11.8 Å². The first-order valence-corrected chi connectivity index (χ1v) is 6.66. The Bertz CT molecular complexity index is 313. The molecule has 0 aromatic heterocycles. The highest BCUT2D eigenvalue weighted by Gasteiger charge is 1.97. The highest BCUT2D eigenvalue weighted by molar-refractivity contribution is 8.03. The predicted molar refractivity (Wildman–Crippen MR) is 74.7 cm³/mol. The number of benzene rings is 1. The van der Waals surface area contributed by atoms with Gasteiger partial charge in [-0.2, -0.15) is 0 Å². The molecule has 0 saturated carbocycles. The van der Waals surface area contributed by atoms with E-state index in [9.17, 15) is 0 Å². The van der Waals surface area contributed by atoms with Crippen molar-refractivity contribution in [2.75, 3.05) is 0 Å². The number of hydrogen-bond acceptors (Lipinski definition) is 1. The molecule has 0 radical (unpaired) electrons. The summed E-state index contributed by atoms with van der Waals surface area (Å²) in [6, 6.07) is 10.4. The number of unbranched alkanes of at least 4 members (excludes halogenated alkanes) is 3. The molecule has 0 aliphatic heterocycles. The third-order valence-electron chi connectivity index (χ3n) is 2.37. The molecular weight excluding hydrogens is 212 g/mol. The van der Waals surface area contributed by atoms with Gasteiger partial charge in [-0.3, -0.25) is 0 Å². The van der Waals surface area contributed by atoms with Crippen molar-refractivity contribution >= 4 is 11.8 Å². The van der Waals surface area contributed by atoms with E-state index in [0.717, 1.165) is 12.8 Å². The van der Waals surface area contributed by atoms with Gasteiger partial charge in [0.05, 0.1) is 0 Å². The average molecular weight is 232 g/mol. The van der Waals surface area contributed by atoms with Crippen molar-refractivity contribution in [2.45, 2.75) is 37.0 Å². The SMILES string of the molecule is C=CCCCCCC(=C)Sc1ccccc1. The van der Waals surface area contributed by atoms with Crippen LogP contribution in [0.4, 0.5) is 0 Å². The van der Waals surface area contributed by atoms with Gasteiger partial charge in [0, 0.05) is 4.90 Å². The van der Waals surface area contributed by atoms with E-state index >= 15 is 0 Å². The van der Waals surface area contributed by atoms with Gasteiger partial charge in [-0.15, -0.1) is 6.58 Å². The zero-order valence-electron chi connectivity index (χ0n) is 9.82. The van der Waals surface area contributed by atoms with Gasteiger partial charge in [-0.05, 0) is 42.7 Å². The first-order chi connectivity index (χ1) is 7.83. The lowest BCUT2D eigenvalue weighted by atomic mass is 10.1. The van der Waals surface area contributed by atoms with Gasteiger partial charge < -0.3 is 0 Å².